The van der Waals surface area contributed by atoms with Crippen LogP contribution in [0.5, 0.6) is 5.75 Å². The molecule has 30 heavy (non-hydrogen) atoms. The molecule has 0 aromatic heterocycles. The number of nitrogens with zero attached hydrogens (tertiary/aromatic N) is 2. The van der Waals surface area contributed by atoms with Gasteiger partial charge in [0.15, 0.2) is 5.11 Å². The summed E-state index contributed by atoms with van der Waals surface area (Å²) in [6.45, 7) is 4.04. The number of aryl methyl sites for hydroxylation is 1. The molecule has 158 valence electrons. The van der Waals surface area contributed by atoms with Crippen molar-refractivity contribution in [2.45, 2.75) is 13.3 Å². The highest BCUT2D eigenvalue weighted by molar-refractivity contribution is 7.80. The average Bonchev–Trinajstić information content (AvgIpc) is 2.75. The molecule has 1 aliphatic heterocycles. The van der Waals surface area contributed by atoms with Gasteiger partial charge in [0.25, 0.3) is 11.6 Å². The number of hydrogen-bond acceptors (Lipinski definition) is 7. The lowest BCUT2D eigenvalue weighted by Crippen LogP contribution is -2.37. The average molecular weight is 430 g/mol. The van der Waals surface area contributed by atoms with Crippen molar-refractivity contribution in [3.8, 4) is 5.75 Å². The largest absolute Gasteiger partial charge is 0.506 e. The number of rotatable bonds is 5. The second kappa shape index (κ2) is 9.51. The molecule has 3 N–H and O–H groups in total. The van der Waals surface area contributed by atoms with Gasteiger partial charge < -0.3 is 20.1 Å². The van der Waals surface area contributed by atoms with Crippen molar-refractivity contribution in [3.63, 3.8) is 0 Å². The molecule has 1 heterocycles. The Morgan fingerprint density at radius 2 is 2.00 bits per heavy atom. The van der Waals surface area contributed by atoms with Gasteiger partial charge in [-0.2, -0.15) is 0 Å². The molecular formula is C20H22N4O5S. The van der Waals surface area contributed by atoms with Gasteiger partial charge in [-0.15, -0.1) is 0 Å². The van der Waals surface area contributed by atoms with Crippen LogP contribution in [-0.4, -0.2) is 47.4 Å². The number of nitro groups is 1. The molecule has 9 nitrogen and oxygen atoms in total. The number of morpholine rings is 1. The summed E-state index contributed by atoms with van der Waals surface area (Å²) in [6.07, 6.45) is 0.771. The molecule has 0 unspecified atom stereocenters. The number of aromatic hydroxyl groups is 1. The van der Waals surface area contributed by atoms with Crippen LogP contribution in [0.15, 0.2) is 36.4 Å². The zero-order valence-electron chi connectivity index (χ0n) is 16.4. The number of carbonyl (C=O) groups excluding carboxylic acids is 1. The van der Waals surface area contributed by atoms with E-state index >= 15 is 0 Å². The van der Waals surface area contributed by atoms with Crippen LogP contribution < -0.4 is 15.5 Å². The van der Waals surface area contributed by atoms with Gasteiger partial charge in [-0.3, -0.25) is 20.2 Å². The fraction of sp³-hybridized carbons (Fsp3) is 0.300. The van der Waals surface area contributed by atoms with Gasteiger partial charge in [-0.25, -0.2) is 0 Å². The molecule has 10 heteroatoms. The maximum absolute atomic E-state index is 12.6. The Morgan fingerprint density at radius 3 is 2.67 bits per heavy atom. The van der Waals surface area contributed by atoms with Crippen LogP contribution in [0, 0.1) is 10.1 Å². The maximum Gasteiger partial charge on any atom is 0.293 e. The van der Waals surface area contributed by atoms with Crippen molar-refractivity contribution in [1.29, 1.82) is 0 Å². The first kappa shape index (κ1) is 21.5. The number of nitro benzene ring substituents is 1. The molecule has 0 saturated carbocycles. The van der Waals surface area contributed by atoms with Crippen molar-refractivity contribution in [2.75, 3.05) is 36.5 Å². The van der Waals surface area contributed by atoms with Crippen LogP contribution in [0.3, 0.4) is 0 Å². The van der Waals surface area contributed by atoms with E-state index in [9.17, 15) is 20.0 Å². The van der Waals surface area contributed by atoms with Crippen LogP contribution in [0.25, 0.3) is 0 Å². The third-order valence-electron chi connectivity index (χ3n) is 4.73. The van der Waals surface area contributed by atoms with Crippen molar-refractivity contribution in [2.24, 2.45) is 0 Å². The summed E-state index contributed by atoms with van der Waals surface area (Å²) in [7, 11) is 0. The smallest absolute Gasteiger partial charge is 0.293 e. The Hall–Kier alpha value is -3.24. The van der Waals surface area contributed by atoms with Crippen molar-refractivity contribution < 1.29 is 19.6 Å². The first-order valence-electron chi connectivity index (χ1n) is 9.44. The summed E-state index contributed by atoms with van der Waals surface area (Å²) in [5.74, 6) is -0.593. The monoisotopic (exact) mass is 430 g/mol. The lowest BCUT2D eigenvalue weighted by molar-refractivity contribution is -0.384. The molecule has 0 spiro atoms. The highest BCUT2D eigenvalue weighted by Crippen LogP contribution is 2.30. The normalized spacial score (nSPS) is 13.6. The van der Waals surface area contributed by atoms with E-state index in [2.05, 4.69) is 10.6 Å². The predicted octanol–water partition coefficient (Wildman–Crippen LogP) is 2.83. The fourth-order valence-electron chi connectivity index (χ4n) is 3.11. The second-order valence-electron chi connectivity index (χ2n) is 6.67. The number of thiocarbonyl (C=S) groups is 1. The lowest BCUT2D eigenvalue weighted by atomic mass is 10.1. The summed E-state index contributed by atoms with van der Waals surface area (Å²) >= 11 is 5.15. The Bertz CT molecular complexity index is 976. The summed E-state index contributed by atoms with van der Waals surface area (Å²) in [5.41, 5.74) is 1.75. The van der Waals surface area contributed by atoms with E-state index in [-0.39, 0.29) is 22.1 Å². The zero-order chi connectivity index (χ0) is 21.7. The first-order valence-corrected chi connectivity index (χ1v) is 9.85. The number of benzene rings is 2. The Morgan fingerprint density at radius 1 is 1.27 bits per heavy atom. The molecular weight excluding hydrogens is 408 g/mol. The number of phenols is 1. The Kier molecular flexibility index (Phi) is 6.80. The van der Waals surface area contributed by atoms with Crippen LogP contribution in [0.2, 0.25) is 0 Å². The Balaban J connectivity index is 1.74. The van der Waals surface area contributed by atoms with Gasteiger partial charge in [0.1, 0.15) is 11.4 Å². The molecule has 1 fully saturated rings. The molecule has 1 aliphatic rings. The summed E-state index contributed by atoms with van der Waals surface area (Å²) in [6, 6.07) is 9.38. The predicted molar refractivity (Wildman–Crippen MR) is 117 cm³/mol. The number of phenolic OH excluding ortho intramolecular Hbond substituents is 1. The highest BCUT2D eigenvalue weighted by atomic mass is 32.1. The van der Waals surface area contributed by atoms with E-state index < -0.39 is 10.8 Å². The van der Waals surface area contributed by atoms with Gasteiger partial charge in [-0.1, -0.05) is 13.0 Å². The quantitative estimate of drug-likeness (QED) is 0.287. The van der Waals surface area contributed by atoms with Gasteiger partial charge >= 0.3 is 0 Å². The molecule has 0 bridgehead atoms. The van der Waals surface area contributed by atoms with Gasteiger partial charge in [-0.05, 0) is 48.5 Å². The van der Waals surface area contributed by atoms with Crippen LogP contribution in [0.1, 0.15) is 22.8 Å². The van der Waals surface area contributed by atoms with Crippen molar-refractivity contribution in [1.82, 2.24) is 5.32 Å². The molecule has 1 saturated heterocycles. The van der Waals surface area contributed by atoms with E-state index in [4.69, 9.17) is 17.0 Å². The van der Waals surface area contributed by atoms with E-state index in [0.29, 0.717) is 37.7 Å². The fourth-order valence-corrected chi connectivity index (χ4v) is 3.32. The molecule has 2 aromatic carbocycles. The molecule has 2 aromatic rings. The van der Waals surface area contributed by atoms with Crippen LogP contribution >= 0.6 is 12.2 Å². The summed E-state index contributed by atoms with van der Waals surface area (Å²) < 4.78 is 5.28. The minimum Gasteiger partial charge on any atom is -0.506 e. The van der Waals surface area contributed by atoms with E-state index in [1.807, 2.05) is 11.8 Å². The van der Waals surface area contributed by atoms with E-state index in [1.54, 1.807) is 24.3 Å². The van der Waals surface area contributed by atoms with Crippen molar-refractivity contribution in [3.05, 3.63) is 57.6 Å². The number of carbonyl (C=O) groups is 1. The summed E-state index contributed by atoms with van der Waals surface area (Å²) in [5, 5.41) is 26.8. The molecule has 1 amide bonds. The number of anilines is 2. The maximum atomic E-state index is 12.6. The second-order valence-corrected chi connectivity index (χ2v) is 7.08. The molecule has 0 radical (unpaired) electrons. The topological polar surface area (TPSA) is 117 Å². The number of nitrogens with one attached hydrogen (secondary N) is 2. The third kappa shape index (κ3) is 5.02. The highest BCUT2D eigenvalue weighted by Gasteiger charge is 2.23. The van der Waals surface area contributed by atoms with E-state index in [0.717, 1.165) is 12.0 Å². The van der Waals surface area contributed by atoms with Crippen LogP contribution in [0.4, 0.5) is 17.1 Å². The number of hydrogen-bond donors (Lipinski definition) is 3. The van der Waals surface area contributed by atoms with Gasteiger partial charge in [0, 0.05) is 24.7 Å². The zero-order valence-corrected chi connectivity index (χ0v) is 17.2. The lowest BCUT2D eigenvalue weighted by Gasteiger charge is -2.28. The minimum atomic E-state index is -0.588. The van der Waals surface area contributed by atoms with Gasteiger partial charge in [0.05, 0.1) is 23.8 Å². The third-order valence-corrected chi connectivity index (χ3v) is 4.93. The molecule has 3 rings (SSSR count). The number of amides is 1. The van der Waals surface area contributed by atoms with Gasteiger partial charge in [0.2, 0.25) is 0 Å². The number of ether oxygens (including phenoxy) is 1. The minimum absolute atomic E-state index is 0.00528. The summed E-state index contributed by atoms with van der Waals surface area (Å²) in [4.78, 5) is 25.5. The SMILES string of the molecule is CCc1ccc(O)c(NC(=S)NC(=O)c2ccc(N3CCOCC3)c([N+](=O)[O-])c2)c1. The Labute approximate surface area is 178 Å². The molecule has 0 aliphatic carbocycles. The van der Waals surface area contributed by atoms with Crippen LogP contribution in [-0.2, 0) is 11.2 Å². The van der Waals surface area contributed by atoms with Crippen molar-refractivity contribution >= 4 is 40.3 Å². The first-order chi connectivity index (χ1) is 14.4. The molecule has 0 atom stereocenters. The standard InChI is InChI=1S/C20H22N4O5S/c1-2-13-3-6-18(25)15(11-13)21-20(30)22-19(26)14-4-5-16(17(12-14)24(27)28)23-7-9-29-10-8-23/h3-6,11-12,25H,2,7-10H2,1H3,(H2,21,22,26,30). The van der Waals surface area contributed by atoms with E-state index in [1.165, 1.54) is 12.1 Å².